The van der Waals surface area contributed by atoms with Gasteiger partial charge >= 0.3 is 0 Å². The van der Waals surface area contributed by atoms with Gasteiger partial charge in [-0.15, -0.1) is 0 Å². The van der Waals surface area contributed by atoms with Gasteiger partial charge in [0, 0.05) is 10.9 Å². The molecule has 0 fully saturated rings. The number of hydrogen-bond donors (Lipinski definition) is 0. The van der Waals surface area contributed by atoms with E-state index in [1.807, 2.05) is 18.2 Å². The van der Waals surface area contributed by atoms with E-state index in [-0.39, 0.29) is 0 Å². The van der Waals surface area contributed by atoms with E-state index in [1.54, 1.807) is 0 Å². The fraction of sp³-hybridized carbons (Fsp3) is 0.167. The molecule has 1 aliphatic carbocycles. The van der Waals surface area contributed by atoms with Crippen LogP contribution >= 0.6 is 11.6 Å². The van der Waals surface area contributed by atoms with Crippen LogP contribution in [0.5, 0.6) is 0 Å². The molecule has 13 heavy (non-hydrogen) atoms. The highest BCUT2D eigenvalue weighted by Crippen LogP contribution is 2.29. The Hall–Kier alpha value is -1.01. The summed E-state index contributed by atoms with van der Waals surface area (Å²) < 4.78 is 0. The molecule has 1 aromatic rings. The molecular formula is C12H11Cl. The summed E-state index contributed by atoms with van der Waals surface area (Å²) in [6.45, 7) is 0. The van der Waals surface area contributed by atoms with Gasteiger partial charge in [-0.2, -0.15) is 0 Å². The van der Waals surface area contributed by atoms with E-state index in [2.05, 4.69) is 30.4 Å². The van der Waals surface area contributed by atoms with Crippen LogP contribution in [0.3, 0.4) is 0 Å². The number of benzene rings is 1. The molecule has 1 unspecified atom stereocenters. The molecule has 0 saturated heterocycles. The molecule has 0 heterocycles. The van der Waals surface area contributed by atoms with Crippen LogP contribution in [0.2, 0.25) is 5.02 Å². The van der Waals surface area contributed by atoms with Crippen LogP contribution in [0.4, 0.5) is 0 Å². The first kappa shape index (κ1) is 8.58. The van der Waals surface area contributed by atoms with Gasteiger partial charge in [-0.05, 0) is 18.1 Å². The second-order valence-electron chi connectivity index (χ2n) is 3.18. The van der Waals surface area contributed by atoms with Crippen molar-refractivity contribution in [1.29, 1.82) is 0 Å². The zero-order chi connectivity index (χ0) is 9.10. The molecule has 0 bridgehead atoms. The average molecular weight is 191 g/mol. The Balaban J connectivity index is 2.30. The number of allylic oxidation sites excluding steroid dienone is 4. The summed E-state index contributed by atoms with van der Waals surface area (Å²) in [5, 5.41) is 0.868. The average Bonchev–Trinajstić information content (AvgIpc) is 2.20. The summed E-state index contributed by atoms with van der Waals surface area (Å²) >= 11 is 6.10. The minimum atomic E-state index is 0.457. The van der Waals surface area contributed by atoms with E-state index in [0.29, 0.717) is 5.92 Å². The van der Waals surface area contributed by atoms with Gasteiger partial charge in [-0.25, -0.2) is 0 Å². The highest BCUT2D eigenvalue weighted by atomic mass is 35.5. The van der Waals surface area contributed by atoms with Crippen molar-refractivity contribution >= 4 is 11.6 Å². The van der Waals surface area contributed by atoms with Crippen LogP contribution in [-0.4, -0.2) is 0 Å². The Bertz CT molecular complexity index is 350. The van der Waals surface area contributed by atoms with Crippen LogP contribution < -0.4 is 0 Å². The van der Waals surface area contributed by atoms with Gasteiger partial charge in [-0.3, -0.25) is 0 Å². The maximum Gasteiger partial charge on any atom is 0.0444 e. The molecule has 66 valence electrons. The van der Waals surface area contributed by atoms with E-state index in [1.165, 1.54) is 5.56 Å². The second kappa shape index (κ2) is 3.80. The SMILES string of the molecule is Clc1ccccc1C1C=CC=CC1. The van der Waals surface area contributed by atoms with Crippen LogP contribution in [0.15, 0.2) is 48.6 Å². The Labute approximate surface area is 83.5 Å². The van der Waals surface area contributed by atoms with Gasteiger partial charge < -0.3 is 0 Å². The van der Waals surface area contributed by atoms with Gasteiger partial charge in [0.25, 0.3) is 0 Å². The Kier molecular flexibility index (Phi) is 2.51. The third-order valence-corrected chi connectivity index (χ3v) is 2.63. The van der Waals surface area contributed by atoms with Crippen molar-refractivity contribution < 1.29 is 0 Å². The lowest BCUT2D eigenvalue weighted by Crippen LogP contribution is -1.96. The zero-order valence-electron chi connectivity index (χ0n) is 7.28. The van der Waals surface area contributed by atoms with Crippen molar-refractivity contribution in [2.45, 2.75) is 12.3 Å². The summed E-state index contributed by atoms with van der Waals surface area (Å²) in [6, 6.07) is 8.04. The fourth-order valence-corrected chi connectivity index (χ4v) is 1.86. The topological polar surface area (TPSA) is 0 Å². The number of rotatable bonds is 1. The molecule has 0 saturated carbocycles. The Morgan fingerprint density at radius 1 is 1.15 bits per heavy atom. The number of hydrogen-bond acceptors (Lipinski definition) is 0. The van der Waals surface area contributed by atoms with E-state index < -0.39 is 0 Å². The first-order chi connectivity index (χ1) is 6.38. The van der Waals surface area contributed by atoms with Crippen molar-refractivity contribution in [3.63, 3.8) is 0 Å². The summed E-state index contributed by atoms with van der Waals surface area (Å²) in [4.78, 5) is 0. The molecule has 0 nitrogen and oxygen atoms in total. The molecule has 0 aliphatic heterocycles. The molecular weight excluding hydrogens is 180 g/mol. The van der Waals surface area contributed by atoms with E-state index in [4.69, 9.17) is 11.6 Å². The highest BCUT2D eigenvalue weighted by Gasteiger charge is 2.10. The lowest BCUT2D eigenvalue weighted by molar-refractivity contribution is 0.854. The van der Waals surface area contributed by atoms with E-state index >= 15 is 0 Å². The predicted molar refractivity (Wildman–Crippen MR) is 57.1 cm³/mol. The van der Waals surface area contributed by atoms with Crippen molar-refractivity contribution in [3.05, 3.63) is 59.2 Å². The summed E-state index contributed by atoms with van der Waals surface area (Å²) in [5.74, 6) is 0.457. The molecule has 0 aromatic heterocycles. The molecule has 0 amide bonds. The largest absolute Gasteiger partial charge is 0.0840 e. The first-order valence-electron chi connectivity index (χ1n) is 4.45. The molecule has 0 N–H and O–H groups in total. The van der Waals surface area contributed by atoms with Crippen LogP contribution in [0.25, 0.3) is 0 Å². The maximum absolute atomic E-state index is 6.10. The monoisotopic (exact) mass is 190 g/mol. The van der Waals surface area contributed by atoms with E-state index in [9.17, 15) is 0 Å². The zero-order valence-corrected chi connectivity index (χ0v) is 8.04. The predicted octanol–water partition coefficient (Wildman–Crippen LogP) is 3.94. The minimum absolute atomic E-state index is 0.457. The van der Waals surface area contributed by atoms with Crippen LogP contribution in [-0.2, 0) is 0 Å². The lowest BCUT2D eigenvalue weighted by Gasteiger charge is -2.14. The lowest BCUT2D eigenvalue weighted by atomic mass is 9.93. The van der Waals surface area contributed by atoms with Crippen molar-refractivity contribution in [1.82, 2.24) is 0 Å². The van der Waals surface area contributed by atoms with E-state index in [0.717, 1.165) is 11.4 Å². The normalized spacial score (nSPS) is 20.5. The fourth-order valence-electron chi connectivity index (χ4n) is 1.59. The summed E-state index contributed by atoms with van der Waals surface area (Å²) in [7, 11) is 0. The molecule has 0 radical (unpaired) electrons. The van der Waals surface area contributed by atoms with Gasteiger partial charge in [0.2, 0.25) is 0 Å². The second-order valence-corrected chi connectivity index (χ2v) is 3.58. The Morgan fingerprint density at radius 2 is 2.00 bits per heavy atom. The number of halogens is 1. The van der Waals surface area contributed by atoms with Crippen molar-refractivity contribution in [3.8, 4) is 0 Å². The minimum Gasteiger partial charge on any atom is -0.0840 e. The van der Waals surface area contributed by atoms with Gasteiger partial charge in [0.05, 0.1) is 0 Å². The van der Waals surface area contributed by atoms with Crippen molar-refractivity contribution in [2.24, 2.45) is 0 Å². The van der Waals surface area contributed by atoms with Gasteiger partial charge in [0.1, 0.15) is 0 Å². The smallest absolute Gasteiger partial charge is 0.0444 e. The molecule has 0 spiro atoms. The van der Waals surface area contributed by atoms with Crippen LogP contribution in [0.1, 0.15) is 17.9 Å². The molecule has 1 heteroatoms. The first-order valence-corrected chi connectivity index (χ1v) is 4.83. The van der Waals surface area contributed by atoms with Gasteiger partial charge in [-0.1, -0.05) is 54.1 Å². The third kappa shape index (κ3) is 1.84. The molecule has 2 rings (SSSR count). The van der Waals surface area contributed by atoms with Crippen molar-refractivity contribution in [2.75, 3.05) is 0 Å². The Morgan fingerprint density at radius 3 is 2.69 bits per heavy atom. The van der Waals surface area contributed by atoms with Gasteiger partial charge in [0.15, 0.2) is 0 Å². The summed E-state index contributed by atoms with van der Waals surface area (Å²) in [6.07, 6.45) is 9.58. The highest BCUT2D eigenvalue weighted by molar-refractivity contribution is 6.31. The van der Waals surface area contributed by atoms with Crippen LogP contribution in [0, 0.1) is 0 Å². The third-order valence-electron chi connectivity index (χ3n) is 2.29. The maximum atomic E-state index is 6.10. The molecule has 1 aliphatic rings. The summed E-state index contributed by atoms with van der Waals surface area (Å²) in [5.41, 5.74) is 1.23. The molecule has 1 aromatic carbocycles. The molecule has 1 atom stereocenters. The quantitative estimate of drug-likeness (QED) is 0.629. The standard InChI is InChI=1S/C12H11Cl/c13-12-9-5-4-8-11(12)10-6-2-1-3-7-10/h1-6,8-10H,7H2.